The first-order chi connectivity index (χ1) is 10.8. The molecule has 4 N–H and O–H groups in total. The van der Waals surface area contributed by atoms with Crippen molar-refractivity contribution < 1.29 is 0 Å². The van der Waals surface area contributed by atoms with Crippen molar-refractivity contribution in [2.75, 3.05) is 24.6 Å². The van der Waals surface area contributed by atoms with Gasteiger partial charge in [-0.3, -0.25) is 0 Å². The molecule has 0 amide bonds. The van der Waals surface area contributed by atoms with E-state index in [-0.39, 0.29) is 0 Å². The highest BCUT2D eigenvalue weighted by Crippen LogP contribution is 2.35. The van der Waals surface area contributed by atoms with E-state index in [0.717, 1.165) is 17.4 Å². The summed E-state index contributed by atoms with van der Waals surface area (Å²) >= 11 is 0. The molecule has 3 nitrogen and oxygen atoms in total. The molecule has 1 saturated carbocycles. The number of para-hydroxylation sites is 1. The second kappa shape index (κ2) is 7.36. The molecule has 0 atom stereocenters. The van der Waals surface area contributed by atoms with Gasteiger partial charge in [0.25, 0.3) is 0 Å². The monoisotopic (exact) mass is 301 g/mol. The Hall–Kier alpha value is -1.22. The van der Waals surface area contributed by atoms with Crippen LogP contribution >= 0.6 is 0 Å². The summed E-state index contributed by atoms with van der Waals surface area (Å²) in [4.78, 5) is 2.75. The second-order valence-electron chi connectivity index (χ2n) is 7.16. The van der Waals surface area contributed by atoms with Gasteiger partial charge in [0.05, 0.1) is 11.4 Å². The highest BCUT2D eigenvalue weighted by molar-refractivity contribution is 5.68. The van der Waals surface area contributed by atoms with E-state index >= 15 is 0 Å². The van der Waals surface area contributed by atoms with E-state index in [9.17, 15) is 0 Å². The lowest BCUT2D eigenvalue weighted by Crippen LogP contribution is -2.41. The standard InChI is InChI=1S/C19H31N3/c20-18-10-6-9-17(19(18)21)15-11-13-22(14-12-15)16-7-4-2-1-3-5-8-16/h6,9-10,15-16H,1-5,7-8,11-14,20-21H2. The van der Waals surface area contributed by atoms with Crippen molar-refractivity contribution >= 4 is 11.4 Å². The quantitative estimate of drug-likeness (QED) is 0.807. The molecule has 22 heavy (non-hydrogen) atoms. The van der Waals surface area contributed by atoms with Crippen LogP contribution in [0.4, 0.5) is 11.4 Å². The lowest BCUT2D eigenvalue weighted by atomic mass is 9.86. The van der Waals surface area contributed by atoms with Crippen LogP contribution in [0, 0.1) is 0 Å². The molecule has 0 radical (unpaired) electrons. The van der Waals surface area contributed by atoms with Crippen molar-refractivity contribution in [3.05, 3.63) is 23.8 Å². The molecule has 122 valence electrons. The van der Waals surface area contributed by atoms with Gasteiger partial charge in [-0.2, -0.15) is 0 Å². The molecule has 1 aliphatic heterocycles. The zero-order chi connectivity index (χ0) is 15.4. The van der Waals surface area contributed by atoms with E-state index in [0.29, 0.717) is 5.92 Å². The molecule has 0 aromatic heterocycles. The van der Waals surface area contributed by atoms with Crippen LogP contribution in [0.15, 0.2) is 18.2 Å². The SMILES string of the molecule is Nc1cccc(C2CCN(C3CCCCCCC3)CC2)c1N. The number of piperidine rings is 1. The van der Waals surface area contributed by atoms with Gasteiger partial charge in [0.2, 0.25) is 0 Å². The van der Waals surface area contributed by atoms with Crippen LogP contribution in [0.25, 0.3) is 0 Å². The molecular formula is C19H31N3. The minimum Gasteiger partial charge on any atom is -0.397 e. The van der Waals surface area contributed by atoms with Gasteiger partial charge < -0.3 is 16.4 Å². The number of nitrogens with two attached hydrogens (primary N) is 2. The summed E-state index contributed by atoms with van der Waals surface area (Å²) in [5.41, 5.74) is 15.0. The predicted molar refractivity (Wildman–Crippen MR) is 94.9 cm³/mol. The van der Waals surface area contributed by atoms with Gasteiger partial charge >= 0.3 is 0 Å². The van der Waals surface area contributed by atoms with Crippen LogP contribution in [-0.2, 0) is 0 Å². The summed E-state index contributed by atoms with van der Waals surface area (Å²) in [6, 6.07) is 6.95. The molecule has 0 unspecified atom stereocenters. The fourth-order valence-corrected chi connectivity index (χ4v) is 4.33. The van der Waals surface area contributed by atoms with Gasteiger partial charge in [-0.25, -0.2) is 0 Å². The zero-order valence-corrected chi connectivity index (χ0v) is 13.8. The molecule has 1 aromatic rings. The average Bonchev–Trinajstić information content (AvgIpc) is 2.50. The average molecular weight is 301 g/mol. The van der Waals surface area contributed by atoms with Crippen LogP contribution in [-0.4, -0.2) is 24.0 Å². The van der Waals surface area contributed by atoms with Gasteiger partial charge in [-0.1, -0.05) is 44.2 Å². The lowest BCUT2D eigenvalue weighted by Gasteiger charge is -2.39. The third-order valence-corrected chi connectivity index (χ3v) is 5.73. The number of nitrogens with zero attached hydrogens (tertiary/aromatic N) is 1. The van der Waals surface area contributed by atoms with Crippen LogP contribution in [0.5, 0.6) is 0 Å². The Labute approximate surface area is 135 Å². The topological polar surface area (TPSA) is 55.3 Å². The van der Waals surface area contributed by atoms with Crippen molar-refractivity contribution in [1.29, 1.82) is 0 Å². The molecule has 0 spiro atoms. The maximum Gasteiger partial charge on any atom is 0.0583 e. The number of benzene rings is 1. The second-order valence-corrected chi connectivity index (χ2v) is 7.16. The van der Waals surface area contributed by atoms with Crippen molar-refractivity contribution in [3.8, 4) is 0 Å². The minimum absolute atomic E-state index is 0.591. The Morgan fingerprint density at radius 1 is 0.818 bits per heavy atom. The molecule has 1 saturated heterocycles. The molecule has 1 aromatic carbocycles. The normalized spacial score (nSPS) is 23.1. The fraction of sp³-hybridized carbons (Fsp3) is 0.684. The number of hydrogen-bond acceptors (Lipinski definition) is 3. The summed E-state index contributed by atoms with van der Waals surface area (Å²) in [6.45, 7) is 2.45. The Kier molecular flexibility index (Phi) is 5.24. The van der Waals surface area contributed by atoms with E-state index in [2.05, 4.69) is 11.0 Å². The van der Waals surface area contributed by atoms with Crippen molar-refractivity contribution in [2.45, 2.75) is 69.7 Å². The highest BCUT2D eigenvalue weighted by atomic mass is 15.2. The van der Waals surface area contributed by atoms with Gasteiger partial charge in [-0.15, -0.1) is 0 Å². The van der Waals surface area contributed by atoms with Crippen LogP contribution < -0.4 is 11.5 Å². The zero-order valence-electron chi connectivity index (χ0n) is 13.8. The molecular weight excluding hydrogens is 270 g/mol. The molecule has 3 rings (SSSR count). The van der Waals surface area contributed by atoms with Gasteiger partial charge in [-0.05, 0) is 56.3 Å². The molecule has 3 heteroatoms. The predicted octanol–water partition coefficient (Wildman–Crippen LogP) is 4.14. The summed E-state index contributed by atoms with van der Waals surface area (Å²) in [7, 11) is 0. The summed E-state index contributed by atoms with van der Waals surface area (Å²) in [6.07, 6.45) is 12.4. The smallest absolute Gasteiger partial charge is 0.0583 e. The van der Waals surface area contributed by atoms with E-state index in [1.54, 1.807) is 0 Å². The highest BCUT2D eigenvalue weighted by Gasteiger charge is 2.27. The Morgan fingerprint density at radius 3 is 2.14 bits per heavy atom. The van der Waals surface area contributed by atoms with Crippen molar-refractivity contribution in [3.63, 3.8) is 0 Å². The van der Waals surface area contributed by atoms with Crippen molar-refractivity contribution in [1.82, 2.24) is 4.90 Å². The number of hydrogen-bond donors (Lipinski definition) is 2. The summed E-state index contributed by atoms with van der Waals surface area (Å²) in [5, 5.41) is 0. The number of likely N-dealkylation sites (tertiary alicyclic amines) is 1. The maximum absolute atomic E-state index is 6.19. The first-order valence-electron chi connectivity index (χ1n) is 9.13. The van der Waals surface area contributed by atoms with E-state index < -0.39 is 0 Å². The van der Waals surface area contributed by atoms with Gasteiger partial charge in [0.1, 0.15) is 0 Å². The Bertz CT molecular complexity index is 470. The lowest BCUT2D eigenvalue weighted by molar-refractivity contribution is 0.129. The molecule has 2 aliphatic rings. The number of rotatable bonds is 2. The Morgan fingerprint density at radius 2 is 1.45 bits per heavy atom. The fourth-order valence-electron chi connectivity index (χ4n) is 4.33. The van der Waals surface area contributed by atoms with E-state index in [1.807, 2.05) is 12.1 Å². The third-order valence-electron chi connectivity index (χ3n) is 5.73. The van der Waals surface area contributed by atoms with Gasteiger partial charge in [0, 0.05) is 6.04 Å². The van der Waals surface area contributed by atoms with E-state index in [1.165, 1.54) is 76.4 Å². The molecule has 0 bridgehead atoms. The first-order valence-corrected chi connectivity index (χ1v) is 9.13. The number of nitrogen functional groups attached to an aromatic ring is 2. The maximum atomic E-state index is 6.19. The summed E-state index contributed by atoms with van der Waals surface area (Å²) < 4.78 is 0. The van der Waals surface area contributed by atoms with Crippen LogP contribution in [0.2, 0.25) is 0 Å². The minimum atomic E-state index is 0.591. The number of anilines is 2. The first kappa shape index (κ1) is 15.7. The largest absolute Gasteiger partial charge is 0.397 e. The van der Waals surface area contributed by atoms with Crippen LogP contribution in [0.3, 0.4) is 0 Å². The summed E-state index contributed by atoms with van der Waals surface area (Å²) in [5.74, 6) is 0.591. The molecule has 1 aliphatic carbocycles. The Balaban J connectivity index is 1.58. The van der Waals surface area contributed by atoms with Crippen molar-refractivity contribution in [2.24, 2.45) is 0 Å². The van der Waals surface area contributed by atoms with E-state index in [4.69, 9.17) is 11.5 Å². The molecule has 1 heterocycles. The van der Waals surface area contributed by atoms with Crippen LogP contribution in [0.1, 0.15) is 69.3 Å². The molecule has 2 fully saturated rings. The van der Waals surface area contributed by atoms with Gasteiger partial charge in [0.15, 0.2) is 0 Å². The third kappa shape index (κ3) is 3.57.